The van der Waals surface area contributed by atoms with Gasteiger partial charge in [0, 0.05) is 11.6 Å². The van der Waals surface area contributed by atoms with Crippen molar-refractivity contribution in [2.45, 2.75) is 39.2 Å². The highest BCUT2D eigenvalue weighted by atomic mass is 16.4. The van der Waals surface area contributed by atoms with E-state index in [0.717, 1.165) is 17.7 Å². The zero-order chi connectivity index (χ0) is 22.2. The molecule has 30 heavy (non-hydrogen) atoms. The summed E-state index contributed by atoms with van der Waals surface area (Å²) in [6.07, 6.45) is 2.52. The molecule has 0 fully saturated rings. The molecule has 158 valence electrons. The van der Waals surface area contributed by atoms with Crippen molar-refractivity contribution in [3.05, 3.63) is 57.8 Å². The van der Waals surface area contributed by atoms with Crippen LogP contribution < -0.4 is 5.43 Å². The summed E-state index contributed by atoms with van der Waals surface area (Å²) in [7, 11) is 0. The monoisotopic (exact) mass is 412 g/mol. The third-order valence-electron chi connectivity index (χ3n) is 5.15. The number of aromatic hydroxyl groups is 4. The molecule has 0 unspecified atom stereocenters. The van der Waals surface area contributed by atoms with Crippen LogP contribution in [-0.2, 0) is 6.42 Å². The van der Waals surface area contributed by atoms with Crippen molar-refractivity contribution in [3.63, 3.8) is 0 Å². The van der Waals surface area contributed by atoms with Crippen molar-refractivity contribution in [2.24, 2.45) is 0 Å². The smallest absolute Gasteiger partial charge is 0.208 e. The number of allylic oxidation sites excluding steroid dienone is 2. The molecule has 7 nitrogen and oxygen atoms in total. The van der Waals surface area contributed by atoms with E-state index in [1.54, 1.807) is 6.92 Å². The van der Waals surface area contributed by atoms with Gasteiger partial charge in [-0.2, -0.15) is 0 Å². The van der Waals surface area contributed by atoms with E-state index in [1.165, 1.54) is 6.07 Å². The highest BCUT2D eigenvalue weighted by Gasteiger charge is 2.21. The van der Waals surface area contributed by atoms with Gasteiger partial charge in [-0.15, -0.1) is 0 Å². The van der Waals surface area contributed by atoms with Crippen molar-refractivity contribution < 1.29 is 29.9 Å². The number of phenolic OH excluding ortho intramolecular Hbond substituents is 4. The van der Waals surface area contributed by atoms with Crippen LogP contribution in [0.3, 0.4) is 0 Å². The first-order valence-corrected chi connectivity index (χ1v) is 9.46. The minimum Gasteiger partial charge on any atom is -0.507 e. The Kier molecular flexibility index (Phi) is 5.75. The van der Waals surface area contributed by atoms with Gasteiger partial charge in [-0.3, -0.25) is 4.79 Å². The maximum absolute atomic E-state index is 12.9. The second-order valence-electron chi connectivity index (χ2n) is 7.49. The van der Waals surface area contributed by atoms with E-state index in [2.05, 4.69) is 6.58 Å². The summed E-state index contributed by atoms with van der Waals surface area (Å²) < 4.78 is 5.68. The average molecular weight is 412 g/mol. The van der Waals surface area contributed by atoms with Crippen molar-refractivity contribution in [2.75, 3.05) is 0 Å². The number of phenols is 4. The normalized spacial score (nSPS) is 13.1. The predicted octanol–water partition coefficient (Wildman–Crippen LogP) is 3.97. The Morgan fingerprint density at radius 2 is 1.67 bits per heavy atom. The lowest BCUT2D eigenvalue weighted by molar-refractivity contribution is 0.201. The second kappa shape index (κ2) is 8.12. The molecule has 7 heteroatoms. The molecule has 1 heterocycles. The molecule has 3 rings (SSSR count). The summed E-state index contributed by atoms with van der Waals surface area (Å²) >= 11 is 0. The summed E-state index contributed by atoms with van der Waals surface area (Å²) in [4.78, 5) is 12.9. The molecule has 1 atom stereocenters. The zero-order valence-corrected chi connectivity index (χ0v) is 16.8. The molecule has 0 saturated heterocycles. The molecule has 0 bridgehead atoms. The molecule has 0 radical (unpaired) electrons. The van der Waals surface area contributed by atoms with Crippen LogP contribution in [0.5, 0.6) is 23.0 Å². The number of aliphatic hydroxyl groups excluding tert-OH is 1. The third-order valence-corrected chi connectivity index (χ3v) is 5.15. The molecule has 5 N–H and O–H groups in total. The van der Waals surface area contributed by atoms with E-state index in [-0.39, 0.29) is 51.2 Å². The summed E-state index contributed by atoms with van der Waals surface area (Å²) in [5, 5.41) is 50.1. The lowest BCUT2D eigenvalue weighted by Gasteiger charge is -2.12. The summed E-state index contributed by atoms with van der Waals surface area (Å²) in [5.41, 5.74) is 0.857. The van der Waals surface area contributed by atoms with Crippen molar-refractivity contribution in [1.82, 2.24) is 0 Å². The van der Waals surface area contributed by atoms with Crippen LogP contribution in [0.4, 0.5) is 0 Å². The Balaban J connectivity index is 2.11. The molecule has 0 amide bonds. The fourth-order valence-corrected chi connectivity index (χ4v) is 3.30. The van der Waals surface area contributed by atoms with E-state index < -0.39 is 17.3 Å². The standard InChI is InChI=1S/C23H24O7/c1-11(2)14(24)7-5-12(3)4-6-13-17(27)10-18(28)20-21(29)19-15(25)8-9-16(26)23(19)30-22(13)20/h4,8-10,14,24-28H,1,5-7H2,2-3H3/b12-4+/t14-/m1/s1. The molecule has 1 aromatic heterocycles. The van der Waals surface area contributed by atoms with E-state index in [0.29, 0.717) is 18.4 Å². The number of rotatable bonds is 6. The minimum atomic E-state index is -0.719. The number of fused-ring (bicyclic) bond motifs is 2. The van der Waals surface area contributed by atoms with Crippen LogP contribution in [0, 0.1) is 0 Å². The summed E-state index contributed by atoms with van der Waals surface area (Å²) in [6, 6.07) is 3.39. The van der Waals surface area contributed by atoms with E-state index >= 15 is 0 Å². The quantitative estimate of drug-likeness (QED) is 0.235. The Morgan fingerprint density at radius 1 is 1.03 bits per heavy atom. The van der Waals surface area contributed by atoms with Crippen LogP contribution in [0.1, 0.15) is 32.3 Å². The molecule has 0 aliphatic heterocycles. The van der Waals surface area contributed by atoms with Gasteiger partial charge in [0.25, 0.3) is 0 Å². The fourth-order valence-electron chi connectivity index (χ4n) is 3.30. The Labute approximate surface area is 172 Å². The maximum atomic E-state index is 12.9. The topological polar surface area (TPSA) is 131 Å². The first kappa shape index (κ1) is 21.3. The van der Waals surface area contributed by atoms with Gasteiger partial charge in [-0.25, -0.2) is 0 Å². The number of aliphatic hydroxyl groups is 1. The number of hydrogen-bond donors (Lipinski definition) is 5. The predicted molar refractivity (Wildman–Crippen MR) is 114 cm³/mol. The number of hydrogen-bond acceptors (Lipinski definition) is 7. The van der Waals surface area contributed by atoms with Gasteiger partial charge in [0.05, 0.1) is 6.10 Å². The van der Waals surface area contributed by atoms with Gasteiger partial charge in [0.1, 0.15) is 33.6 Å². The largest absolute Gasteiger partial charge is 0.507 e. The van der Waals surface area contributed by atoms with Gasteiger partial charge >= 0.3 is 0 Å². The Morgan fingerprint density at radius 3 is 2.33 bits per heavy atom. The minimum absolute atomic E-state index is 0.0723. The first-order valence-electron chi connectivity index (χ1n) is 9.46. The molecule has 0 spiro atoms. The average Bonchev–Trinajstić information content (AvgIpc) is 2.68. The van der Waals surface area contributed by atoms with Crippen LogP contribution in [0.15, 0.2) is 51.2 Å². The van der Waals surface area contributed by atoms with E-state index in [1.807, 2.05) is 13.0 Å². The summed E-state index contributed by atoms with van der Waals surface area (Å²) in [6.45, 7) is 7.35. The first-order chi connectivity index (χ1) is 14.1. The molecule has 0 aliphatic carbocycles. The Hall–Kier alpha value is -3.45. The molecular formula is C23H24O7. The fraction of sp³-hybridized carbons (Fsp3) is 0.261. The van der Waals surface area contributed by atoms with Crippen LogP contribution in [-0.4, -0.2) is 31.6 Å². The van der Waals surface area contributed by atoms with Crippen LogP contribution in [0.25, 0.3) is 21.9 Å². The highest BCUT2D eigenvalue weighted by Crippen LogP contribution is 2.38. The van der Waals surface area contributed by atoms with Gasteiger partial charge < -0.3 is 29.9 Å². The van der Waals surface area contributed by atoms with Crippen LogP contribution in [0.2, 0.25) is 0 Å². The maximum Gasteiger partial charge on any atom is 0.208 e. The third kappa shape index (κ3) is 3.84. The summed E-state index contributed by atoms with van der Waals surface area (Å²) in [5.74, 6) is -1.50. The van der Waals surface area contributed by atoms with Gasteiger partial charge in [0.15, 0.2) is 11.3 Å². The van der Waals surface area contributed by atoms with Crippen LogP contribution >= 0.6 is 0 Å². The molecule has 0 saturated carbocycles. The van der Waals surface area contributed by atoms with Crippen molar-refractivity contribution >= 4 is 21.9 Å². The Bertz CT molecular complexity index is 1230. The van der Waals surface area contributed by atoms with E-state index in [9.17, 15) is 30.3 Å². The van der Waals surface area contributed by atoms with Gasteiger partial charge in [0.2, 0.25) is 5.43 Å². The lowest BCUT2D eigenvalue weighted by atomic mass is 10.00. The van der Waals surface area contributed by atoms with Crippen molar-refractivity contribution in [3.8, 4) is 23.0 Å². The second-order valence-corrected chi connectivity index (χ2v) is 7.49. The lowest BCUT2D eigenvalue weighted by Crippen LogP contribution is -2.07. The van der Waals surface area contributed by atoms with Crippen molar-refractivity contribution in [1.29, 1.82) is 0 Å². The molecule has 0 aliphatic rings. The molecule has 2 aromatic carbocycles. The van der Waals surface area contributed by atoms with Gasteiger partial charge in [-0.05, 0) is 45.2 Å². The van der Waals surface area contributed by atoms with E-state index in [4.69, 9.17) is 4.42 Å². The molecular weight excluding hydrogens is 388 g/mol. The number of benzene rings is 2. The van der Waals surface area contributed by atoms with Gasteiger partial charge in [-0.1, -0.05) is 23.8 Å². The molecule has 3 aromatic rings. The zero-order valence-electron chi connectivity index (χ0n) is 16.8. The highest BCUT2D eigenvalue weighted by molar-refractivity contribution is 5.99. The SMILES string of the molecule is C=C(C)[C@H](O)CC/C(C)=C/Cc1c(O)cc(O)c2c(=O)c3c(O)ccc(O)c3oc12.